The van der Waals surface area contributed by atoms with Gasteiger partial charge in [-0.05, 0) is 46.0 Å². The predicted molar refractivity (Wildman–Crippen MR) is 80.1 cm³/mol. The average molecular weight is 300 g/mol. The topological polar surface area (TPSA) is 81.1 Å². The van der Waals surface area contributed by atoms with Gasteiger partial charge in [0, 0.05) is 26.1 Å². The lowest BCUT2D eigenvalue weighted by molar-refractivity contribution is -0.137. The van der Waals surface area contributed by atoms with E-state index in [4.69, 9.17) is 5.11 Å². The SMILES string of the molecule is CCN(CC(C)(C)O)C(=O)N1CCCC(CCC(=O)O)C1. The van der Waals surface area contributed by atoms with Crippen LogP contribution in [0.5, 0.6) is 0 Å². The lowest BCUT2D eigenvalue weighted by atomic mass is 9.93. The molecule has 2 amide bonds. The molecule has 0 spiro atoms. The molecule has 1 rings (SSSR count). The number of aliphatic hydroxyl groups is 1. The van der Waals surface area contributed by atoms with Crippen LogP contribution in [0, 0.1) is 5.92 Å². The van der Waals surface area contributed by atoms with Crippen LogP contribution in [0.3, 0.4) is 0 Å². The van der Waals surface area contributed by atoms with Crippen molar-refractivity contribution in [3.8, 4) is 0 Å². The van der Waals surface area contributed by atoms with Crippen LogP contribution in [0.15, 0.2) is 0 Å². The molecule has 0 saturated carbocycles. The molecule has 0 aliphatic carbocycles. The monoisotopic (exact) mass is 300 g/mol. The summed E-state index contributed by atoms with van der Waals surface area (Å²) < 4.78 is 0. The molecule has 0 aromatic carbocycles. The molecule has 0 radical (unpaired) electrons. The second-order valence-corrected chi connectivity index (χ2v) is 6.50. The standard InChI is InChI=1S/C15H28N2O4/c1-4-16(11-15(2,3)21)14(20)17-9-5-6-12(10-17)7-8-13(18)19/h12,21H,4-11H2,1-3H3,(H,18,19). The quantitative estimate of drug-likeness (QED) is 0.783. The van der Waals surface area contributed by atoms with E-state index in [1.807, 2.05) is 6.92 Å². The van der Waals surface area contributed by atoms with Crippen molar-refractivity contribution in [2.75, 3.05) is 26.2 Å². The highest BCUT2D eigenvalue weighted by Crippen LogP contribution is 2.22. The molecule has 1 fully saturated rings. The van der Waals surface area contributed by atoms with Crippen molar-refractivity contribution in [1.29, 1.82) is 0 Å². The summed E-state index contributed by atoms with van der Waals surface area (Å²) in [4.78, 5) is 26.6. The molecule has 6 heteroatoms. The van der Waals surface area contributed by atoms with E-state index in [1.54, 1.807) is 23.6 Å². The fraction of sp³-hybridized carbons (Fsp3) is 0.867. The van der Waals surface area contributed by atoms with Crippen LogP contribution in [0.1, 0.15) is 46.5 Å². The third kappa shape index (κ3) is 6.33. The van der Waals surface area contributed by atoms with E-state index in [0.29, 0.717) is 32.6 Å². The number of carbonyl (C=O) groups is 2. The smallest absolute Gasteiger partial charge is 0.320 e. The molecule has 1 atom stereocenters. The molecule has 2 N–H and O–H groups in total. The van der Waals surface area contributed by atoms with Crippen LogP contribution in [-0.2, 0) is 4.79 Å². The Morgan fingerprint density at radius 3 is 2.57 bits per heavy atom. The highest BCUT2D eigenvalue weighted by molar-refractivity contribution is 5.74. The molecule has 0 aromatic rings. The molecular weight excluding hydrogens is 272 g/mol. The highest BCUT2D eigenvalue weighted by atomic mass is 16.4. The van der Waals surface area contributed by atoms with Crippen LogP contribution in [-0.4, -0.2) is 63.8 Å². The first kappa shape index (κ1) is 17.8. The number of hydrogen-bond acceptors (Lipinski definition) is 3. The van der Waals surface area contributed by atoms with Gasteiger partial charge in [-0.15, -0.1) is 0 Å². The Bertz CT molecular complexity index is 365. The maximum Gasteiger partial charge on any atom is 0.320 e. The summed E-state index contributed by atoms with van der Waals surface area (Å²) >= 11 is 0. The second kappa shape index (κ2) is 7.64. The molecule has 1 unspecified atom stereocenters. The maximum absolute atomic E-state index is 12.5. The first-order valence-corrected chi connectivity index (χ1v) is 7.71. The zero-order chi connectivity index (χ0) is 16.0. The second-order valence-electron chi connectivity index (χ2n) is 6.50. The van der Waals surface area contributed by atoms with Crippen molar-refractivity contribution in [3.05, 3.63) is 0 Å². The van der Waals surface area contributed by atoms with Gasteiger partial charge in [-0.3, -0.25) is 4.79 Å². The summed E-state index contributed by atoms with van der Waals surface area (Å²) in [6.45, 7) is 7.47. The van der Waals surface area contributed by atoms with E-state index in [0.717, 1.165) is 12.8 Å². The van der Waals surface area contributed by atoms with Crippen LogP contribution in [0.25, 0.3) is 0 Å². The Morgan fingerprint density at radius 2 is 2.05 bits per heavy atom. The molecule has 6 nitrogen and oxygen atoms in total. The van der Waals surface area contributed by atoms with Crippen molar-refractivity contribution in [3.63, 3.8) is 0 Å². The molecule has 21 heavy (non-hydrogen) atoms. The molecule has 1 aliphatic heterocycles. The number of carbonyl (C=O) groups excluding carboxylic acids is 1. The van der Waals surface area contributed by atoms with Gasteiger partial charge in [0.15, 0.2) is 0 Å². The summed E-state index contributed by atoms with van der Waals surface area (Å²) in [7, 11) is 0. The van der Waals surface area contributed by atoms with E-state index >= 15 is 0 Å². The number of likely N-dealkylation sites (tertiary alicyclic amines) is 1. The van der Waals surface area contributed by atoms with Gasteiger partial charge in [-0.1, -0.05) is 0 Å². The number of carboxylic acids is 1. The number of piperidine rings is 1. The van der Waals surface area contributed by atoms with Gasteiger partial charge in [-0.25, -0.2) is 4.79 Å². The van der Waals surface area contributed by atoms with E-state index < -0.39 is 11.6 Å². The van der Waals surface area contributed by atoms with Gasteiger partial charge in [0.2, 0.25) is 0 Å². The molecule has 122 valence electrons. The number of aliphatic carboxylic acids is 1. The first-order valence-electron chi connectivity index (χ1n) is 7.71. The molecular formula is C15H28N2O4. The Balaban J connectivity index is 2.57. The Kier molecular flexibility index (Phi) is 6.45. The summed E-state index contributed by atoms with van der Waals surface area (Å²) in [6.07, 6.45) is 2.68. The maximum atomic E-state index is 12.5. The predicted octanol–water partition coefficient (Wildman–Crippen LogP) is 1.78. The molecule has 0 aromatic heterocycles. The van der Waals surface area contributed by atoms with Crippen LogP contribution in [0.4, 0.5) is 4.79 Å². The van der Waals surface area contributed by atoms with Crippen LogP contribution < -0.4 is 0 Å². The van der Waals surface area contributed by atoms with Crippen molar-refractivity contribution >= 4 is 12.0 Å². The Morgan fingerprint density at radius 1 is 1.38 bits per heavy atom. The van der Waals surface area contributed by atoms with Gasteiger partial charge in [0.05, 0.1) is 12.1 Å². The summed E-state index contributed by atoms with van der Waals surface area (Å²) in [5, 5.41) is 18.6. The van der Waals surface area contributed by atoms with Gasteiger partial charge in [0.1, 0.15) is 0 Å². The first-order chi connectivity index (χ1) is 9.73. The number of amides is 2. The third-order valence-corrected chi connectivity index (χ3v) is 3.79. The summed E-state index contributed by atoms with van der Waals surface area (Å²) in [6, 6.07) is -0.0559. The molecule has 1 heterocycles. The zero-order valence-electron chi connectivity index (χ0n) is 13.3. The van der Waals surface area contributed by atoms with Crippen molar-refractivity contribution < 1.29 is 19.8 Å². The number of likely N-dealkylation sites (N-methyl/N-ethyl adjacent to an activating group) is 1. The fourth-order valence-electron chi connectivity index (χ4n) is 2.78. The van der Waals surface area contributed by atoms with Gasteiger partial charge >= 0.3 is 12.0 Å². The lowest BCUT2D eigenvalue weighted by Gasteiger charge is -2.37. The number of carboxylic acid groups (broad SMARTS) is 1. The number of hydrogen-bond donors (Lipinski definition) is 2. The lowest BCUT2D eigenvalue weighted by Crippen LogP contribution is -2.51. The molecule has 1 aliphatic rings. The summed E-state index contributed by atoms with van der Waals surface area (Å²) in [5.41, 5.74) is -0.913. The highest BCUT2D eigenvalue weighted by Gasteiger charge is 2.29. The van der Waals surface area contributed by atoms with E-state index in [-0.39, 0.29) is 18.4 Å². The molecule has 0 bridgehead atoms. The van der Waals surface area contributed by atoms with Crippen molar-refractivity contribution in [2.45, 2.75) is 52.1 Å². The van der Waals surface area contributed by atoms with E-state index in [9.17, 15) is 14.7 Å². The van der Waals surface area contributed by atoms with Crippen molar-refractivity contribution in [1.82, 2.24) is 9.80 Å². The average Bonchev–Trinajstić information content (AvgIpc) is 2.41. The van der Waals surface area contributed by atoms with Gasteiger partial charge in [-0.2, -0.15) is 0 Å². The third-order valence-electron chi connectivity index (χ3n) is 3.79. The fourth-order valence-corrected chi connectivity index (χ4v) is 2.78. The normalized spacial score (nSPS) is 19.4. The van der Waals surface area contributed by atoms with E-state index in [2.05, 4.69) is 0 Å². The zero-order valence-corrected chi connectivity index (χ0v) is 13.3. The van der Waals surface area contributed by atoms with Gasteiger partial charge < -0.3 is 20.0 Å². The Hall–Kier alpha value is -1.30. The summed E-state index contributed by atoms with van der Waals surface area (Å²) in [5.74, 6) is -0.518. The largest absolute Gasteiger partial charge is 0.481 e. The number of rotatable bonds is 6. The number of nitrogens with zero attached hydrogens (tertiary/aromatic N) is 2. The number of urea groups is 1. The van der Waals surface area contributed by atoms with E-state index in [1.165, 1.54) is 0 Å². The molecule has 1 saturated heterocycles. The minimum Gasteiger partial charge on any atom is -0.481 e. The Labute approximate surface area is 126 Å². The minimum absolute atomic E-state index is 0.0559. The minimum atomic E-state index is -0.913. The van der Waals surface area contributed by atoms with Crippen molar-refractivity contribution in [2.24, 2.45) is 5.92 Å². The van der Waals surface area contributed by atoms with Crippen LogP contribution >= 0.6 is 0 Å². The van der Waals surface area contributed by atoms with Crippen LogP contribution in [0.2, 0.25) is 0 Å². The van der Waals surface area contributed by atoms with Gasteiger partial charge in [0.25, 0.3) is 0 Å².